The van der Waals surface area contributed by atoms with E-state index in [1.165, 1.54) is 0 Å². The van der Waals surface area contributed by atoms with E-state index < -0.39 is 74.0 Å². The number of aliphatic hydroxyl groups excluding tert-OH is 6. The molecule has 2 aliphatic rings. The van der Waals surface area contributed by atoms with Crippen LogP contribution in [0.1, 0.15) is 19.3 Å². The van der Waals surface area contributed by atoms with Gasteiger partial charge in [0.05, 0.1) is 6.61 Å². The highest BCUT2D eigenvalue weighted by molar-refractivity contribution is 5.73. The van der Waals surface area contributed by atoms with Gasteiger partial charge in [-0.2, -0.15) is 0 Å². The van der Waals surface area contributed by atoms with Crippen LogP contribution in [-0.4, -0.2) is 123 Å². The molecule has 0 aliphatic carbocycles. The van der Waals surface area contributed by atoms with Gasteiger partial charge >= 0.3 is 5.97 Å². The van der Waals surface area contributed by atoms with Crippen LogP contribution in [0.25, 0.3) is 0 Å². The van der Waals surface area contributed by atoms with E-state index in [1.54, 1.807) is 0 Å². The van der Waals surface area contributed by atoms with Crippen molar-refractivity contribution in [2.75, 3.05) is 19.8 Å². The lowest BCUT2D eigenvalue weighted by Gasteiger charge is -2.45. The highest BCUT2D eigenvalue weighted by Gasteiger charge is 2.52. The number of nitrogens with two attached hydrogens (primary N) is 1. The number of hydrogen-bond donors (Lipinski definition) is 8. The zero-order chi connectivity index (χ0) is 22.4. The molecule has 2 rings (SSSR count). The van der Waals surface area contributed by atoms with Crippen molar-refractivity contribution < 1.29 is 59.5 Å². The Balaban J connectivity index is 2.09. The van der Waals surface area contributed by atoms with Crippen LogP contribution in [0.4, 0.5) is 0 Å². The fourth-order valence-electron chi connectivity index (χ4n) is 3.30. The van der Waals surface area contributed by atoms with Gasteiger partial charge in [0.1, 0.15) is 42.7 Å². The molecule has 0 aromatic carbocycles. The van der Waals surface area contributed by atoms with Gasteiger partial charge in [-0.3, -0.25) is 0 Å². The third-order valence-electron chi connectivity index (χ3n) is 5.06. The molecule has 176 valence electrons. The van der Waals surface area contributed by atoms with E-state index in [9.17, 15) is 40.5 Å². The number of hydrogen-bond acceptors (Lipinski definition) is 12. The van der Waals surface area contributed by atoms with Gasteiger partial charge in [-0.1, -0.05) is 0 Å². The number of carboxylic acid groups (broad SMARTS) is 1. The minimum Gasteiger partial charge on any atom is -0.479 e. The van der Waals surface area contributed by atoms with Crippen LogP contribution < -0.4 is 5.73 Å². The lowest BCUT2D eigenvalue weighted by atomic mass is 9.97. The largest absolute Gasteiger partial charge is 0.479 e. The molecule has 0 aromatic heterocycles. The predicted octanol–water partition coefficient (Wildman–Crippen LogP) is -4.15. The predicted molar refractivity (Wildman–Crippen MR) is 95.8 cm³/mol. The molecule has 0 spiro atoms. The summed E-state index contributed by atoms with van der Waals surface area (Å²) in [5, 5.41) is 69.2. The van der Waals surface area contributed by atoms with Gasteiger partial charge in [0, 0.05) is 6.61 Å². The van der Waals surface area contributed by atoms with Crippen LogP contribution in [-0.2, 0) is 23.7 Å². The van der Waals surface area contributed by atoms with Gasteiger partial charge in [-0.25, -0.2) is 4.79 Å². The van der Waals surface area contributed by atoms with E-state index in [0.717, 1.165) is 12.8 Å². The molecule has 2 saturated heterocycles. The van der Waals surface area contributed by atoms with E-state index in [-0.39, 0.29) is 6.61 Å². The van der Waals surface area contributed by atoms with E-state index >= 15 is 0 Å². The Kier molecular flexibility index (Phi) is 9.77. The normalized spacial score (nSPS) is 42.2. The summed E-state index contributed by atoms with van der Waals surface area (Å²) in [6.45, 7) is -0.0856. The first kappa shape index (κ1) is 25.3. The molecule has 0 bridgehead atoms. The first-order valence-electron chi connectivity index (χ1n) is 9.75. The second-order valence-corrected chi connectivity index (χ2v) is 7.26. The Hall–Kier alpha value is -0.970. The quantitative estimate of drug-likeness (QED) is 0.151. The van der Waals surface area contributed by atoms with Crippen molar-refractivity contribution in [1.82, 2.24) is 0 Å². The maximum atomic E-state index is 11.4. The van der Waals surface area contributed by atoms with Crippen LogP contribution in [0.3, 0.4) is 0 Å². The number of rotatable bonds is 10. The van der Waals surface area contributed by atoms with Crippen LogP contribution in [0.5, 0.6) is 0 Å². The minimum atomic E-state index is -1.87. The van der Waals surface area contributed by atoms with E-state index in [2.05, 4.69) is 0 Å². The monoisotopic (exact) mass is 441 g/mol. The minimum absolute atomic E-state index is 0.122. The Morgan fingerprint density at radius 3 is 2.17 bits per heavy atom. The average molecular weight is 441 g/mol. The Morgan fingerprint density at radius 2 is 1.57 bits per heavy atom. The molecule has 13 nitrogen and oxygen atoms in total. The first-order chi connectivity index (χ1) is 14.2. The van der Waals surface area contributed by atoms with Gasteiger partial charge in [-0.05, 0) is 25.8 Å². The summed E-state index contributed by atoms with van der Waals surface area (Å²) in [6, 6.07) is 0. The average Bonchev–Trinajstić information content (AvgIpc) is 2.71. The molecule has 0 saturated carbocycles. The first-order valence-corrected chi connectivity index (χ1v) is 9.75. The van der Waals surface area contributed by atoms with Crippen molar-refractivity contribution in [2.45, 2.75) is 80.7 Å². The maximum absolute atomic E-state index is 11.4. The fraction of sp³-hybridized carbons (Fsp3) is 0.941. The molecule has 13 heteroatoms. The third-order valence-corrected chi connectivity index (χ3v) is 5.06. The van der Waals surface area contributed by atoms with Crippen LogP contribution >= 0.6 is 0 Å². The van der Waals surface area contributed by atoms with Gasteiger partial charge in [0.15, 0.2) is 18.7 Å². The topological polar surface area (TPSA) is 222 Å². The van der Waals surface area contributed by atoms with Crippen molar-refractivity contribution in [3.63, 3.8) is 0 Å². The smallest absolute Gasteiger partial charge is 0.335 e. The molecule has 4 unspecified atom stereocenters. The van der Waals surface area contributed by atoms with Crippen molar-refractivity contribution in [2.24, 2.45) is 5.73 Å². The van der Waals surface area contributed by atoms with Gasteiger partial charge in [0.25, 0.3) is 0 Å². The third kappa shape index (κ3) is 5.83. The van der Waals surface area contributed by atoms with Crippen molar-refractivity contribution in [3.05, 3.63) is 0 Å². The number of aliphatic hydroxyl groups is 6. The fourth-order valence-corrected chi connectivity index (χ4v) is 3.30. The zero-order valence-corrected chi connectivity index (χ0v) is 16.3. The van der Waals surface area contributed by atoms with Crippen LogP contribution in [0.15, 0.2) is 0 Å². The lowest BCUT2D eigenvalue weighted by molar-refractivity contribution is -0.356. The molecule has 0 aromatic rings. The molecule has 2 heterocycles. The number of aliphatic carboxylic acids is 1. The van der Waals surface area contributed by atoms with E-state index in [1.807, 2.05) is 0 Å². The second kappa shape index (κ2) is 11.6. The number of carboxylic acids is 1. The summed E-state index contributed by atoms with van der Waals surface area (Å²) in [4.78, 5) is 11.4. The number of unbranched alkanes of at least 4 members (excludes halogenated alkanes) is 2. The number of ether oxygens (including phenoxy) is 4. The molecule has 9 N–H and O–H groups in total. The maximum Gasteiger partial charge on any atom is 0.335 e. The van der Waals surface area contributed by atoms with E-state index in [0.29, 0.717) is 13.0 Å². The van der Waals surface area contributed by atoms with Gasteiger partial charge < -0.3 is 60.4 Å². The summed E-state index contributed by atoms with van der Waals surface area (Å²) in [5.41, 5.74) is 5.40. The summed E-state index contributed by atoms with van der Waals surface area (Å²) in [6.07, 6.45) is -14.5. The Labute approximate surface area is 172 Å². The number of carbonyl (C=O) groups is 1. The van der Waals surface area contributed by atoms with Crippen molar-refractivity contribution in [1.29, 1.82) is 0 Å². The second-order valence-electron chi connectivity index (χ2n) is 7.26. The van der Waals surface area contributed by atoms with Gasteiger partial charge in [0.2, 0.25) is 0 Å². The van der Waals surface area contributed by atoms with Crippen molar-refractivity contribution >= 4 is 5.97 Å². The molecule has 0 amide bonds. The standard InChI is InChI=1S/C17H31NO12/c18-4-2-1-3-5-27-16-12(24)13(11(23)14(30-16)15(25)26)29-17-10(22)9(21)8(20)7(6-19)28-17/h7-14,16-17,19-24H,1-6,18H2,(H,25,26)/t7?,8-,9-,10?,11+,12?,13-,14?,16-,17-/m0/s1. The summed E-state index contributed by atoms with van der Waals surface area (Å²) in [5.74, 6) is -1.53. The molecular formula is C17H31NO12. The van der Waals surface area contributed by atoms with E-state index in [4.69, 9.17) is 24.7 Å². The highest BCUT2D eigenvalue weighted by Crippen LogP contribution is 2.29. The zero-order valence-electron chi connectivity index (χ0n) is 16.3. The highest BCUT2D eigenvalue weighted by atomic mass is 16.7. The molecule has 2 fully saturated rings. The van der Waals surface area contributed by atoms with Crippen LogP contribution in [0, 0.1) is 0 Å². The summed E-state index contributed by atoms with van der Waals surface area (Å²) < 4.78 is 21.1. The molecule has 0 radical (unpaired) electrons. The summed E-state index contributed by atoms with van der Waals surface area (Å²) >= 11 is 0. The Morgan fingerprint density at radius 1 is 0.867 bits per heavy atom. The SMILES string of the molecule is NCCCCCO[C@H]1OC(C(=O)O)[C@H](O)[C@H](O[C@@H]2OC(CO)[C@H](O)[C@H](O)C2O)C1O. The molecule has 2 aliphatic heterocycles. The summed E-state index contributed by atoms with van der Waals surface area (Å²) in [7, 11) is 0. The molecule has 30 heavy (non-hydrogen) atoms. The lowest BCUT2D eigenvalue weighted by Crippen LogP contribution is -2.65. The van der Waals surface area contributed by atoms with Gasteiger partial charge in [-0.15, -0.1) is 0 Å². The molecule has 10 atom stereocenters. The molecular weight excluding hydrogens is 410 g/mol. The Bertz CT molecular complexity index is 537. The van der Waals surface area contributed by atoms with Crippen LogP contribution in [0.2, 0.25) is 0 Å². The van der Waals surface area contributed by atoms with Crippen molar-refractivity contribution in [3.8, 4) is 0 Å².